The van der Waals surface area contributed by atoms with Gasteiger partial charge in [0.05, 0.1) is 7.11 Å². The van der Waals surface area contributed by atoms with Crippen molar-refractivity contribution >= 4 is 5.69 Å². The van der Waals surface area contributed by atoms with Crippen LogP contribution in [0.25, 0.3) is 11.4 Å². The highest BCUT2D eigenvalue weighted by atomic mass is 16.5. The van der Waals surface area contributed by atoms with E-state index in [1.165, 1.54) is 0 Å². The van der Waals surface area contributed by atoms with E-state index in [0.717, 1.165) is 5.56 Å². The van der Waals surface area contributed by atoms with Crippen LogP contribution in [0.5, 0.6) is 5.75 Å². The van der Waals surface area contributed by atoms with Crippen LogP contribution in [-0.4, -0.2) is 17.3 Å². The molecule has 1 heterocycles. The second-order valence-corrected chi connectivity index (χ2v) is 4.11. The van der Waals surface area contributed by atoms with Gasteiger partial charge in [0.2, 0.25) is 11.7 Å². The predicted molar refractivity (Wildman–Crippen MR) is 64.8 cm³/mol. The van der Waals surface area contributed by atoms with Crippen molar-refractivity contribution in [2.24, 2.45) is 0 Å². The first-order valence-electron chi connectivity index (χ1n) is 5.38. The monoisotopic (exact) mass is 233 g/mol. The molecule has 0 radical (unpaired) electrons. The van der Waals surface area contributed by atoms with E-state index < -0.39 is 0 Å². The Hall–Kier alpha value is -2.04. The summed E-state index contributed by atoms with van der Waals surface area (Å²) in [5, 5.41) is 3.93. The van der Waals surface area contributed by atoms with Gasteiger partial charge in [-0.1, -0.05) is 19.0 Å². The molecule has 0 aliphatic heterocycles. The number of anilines is 1. The van der Waals surface area contributed by atoms with E-state index in [1.807, 2.05) is 19.9 Å². The summed E-state index contributed by atoms with van der Waals surface area (Å²) in [5.74, 6) is 2.02. The lowest BCUT2D eigenvalue weighted by molar-refractivity contribution is 0.365. The van der Waals surface area contributed by atoms with Gasteiger partial charge >= 0.3 is 0 Å². The summed E-state index contributed by atoms with van der Waals surface area (Å²) in [6, 6.07) is 5.36. The number of hydrogen-bond donors (Lipinski definition) is 1. The van der Waals surface area contributed by atoms with Gasteiger partial charge in [0, 0.05) is 23.2 Å². The number of nitrogen functional groups attached to an aromatic ring is 1. The molecule has 2 N–H and O–H groups in total. The third-order valence-electron chi connectivity index (χ3n) is 2.36. The Kier molecular flexibility index (Phi) is 2.99. The molecule has 0 bridgehead atoms. The molecule has 90 valence electrons. The quantitative estimate of drug-likeness (QED) is 0.824. The summed E-state index contributed by atoms with van der Waals surface area (Å²) in [5.41, 5.74) is 7.17. The lowest BCUT2D eigenvalue weighted by Gasteiger charge is -2.03. The minimum atomic E-state index is 0.208. The average Bonchev–Trinajstić information content (AvgIpc) is 2.77. The maximum absolute atomic E-state index is 5.77. The Labute approximate surface area is 99.6 Å². The van der Waals surface area contributed by atoms with Crippen molar-refractivity contribution in [3.8, 4) is 17.1 Å². The number of hydrogen-bond acceptors (Lipinski definition) is 5. The van der Waals surface area contributed by atoms with Crippen molar-refractivity contribution in [2.45, 2.75) is 19.8 Å². The maximum atomic E-state index is 5.77. The zero-order valence-corrected chi connectivity index (χ0v) is 10.1. The molecule has 0 saturated carbocycles. The Bertz CT molecular complexity index is 520. The van der Waals surface area contributed by atoms with Crippen LogP contribution in [0.15, 0.2) is 22.7 Å². The van der Waals surface area contributed by atoms with Gasteiger partial charge in [-0.25, -0.2) is 0 Å². The first kappa shape index (κ1) is 11.4. The van der Waals surface area contributed by atoms with E-state index in [1.54, 1.807) is 19.2 Å². The van der Waals surface area contributed by atoms with E-state index in [2.05, 4.69) is 10.1 Å². The SMILES string of the molecule is COc1cc(N)cc(-c2noc(C(C)C)n2)c1. The van der Waals surface area contributed by atoms with Crippen molar-refractivity contribution in [1.29, 1.82) is 0 Å². The van der Waals surface area contributed by atoms with E-state index >= 15 is 0 Å². The molecule has 0 fully saturated rings. The maximum Gasteiger partial charge on any atom is 0.229 e. The average molecular weight is 233 g/mol. The summed E-state index contributed by atoms with van der Waals surface area (Å²) in [6.07, 6.45) is 0. The molecule has 2 aromatic rings. The molecule has 0 aliphatic carbocycles. The fraction of sp³-hybridized carbons (Fsp3) is 0.333. The second kappa shape index (κ2) is 4.45. The highest BCUT2D eigenvalue weighted by molar-refractivity contribution is 5.64. The third kappa shape index (κ3) is 2.38. The zero-order chi connectivity index (χ0) is 12.4. The predicted octanol–water partition coefficient (Wildman–Crippen LogP) is 2.45. The summed E-state index contributed by atoms with van der Waals surface area (Å²) < 4.78 is 10.3. The van der Waals surface area contributed by atoms with Crippen molar-refractivity contribution in [3.05, 3.63) is 24.1 Å². The molecule has 5 heteroatoms. The van der Waals surface area contributed by atoms with Gasteiger partial charge in [-0.05, 0) is 12.1 Å². The summed E-state index contributed by atoms with van der Waals surface area (Å²) >= 11 is 0. The van der Waals surface area contributed by atoms with Crippen molar-refractivity contribution in [3.63, 3.8) is 0 Å². The lowest BCUT2D eigenvalue weighted by Crippen LogP contribution is -1.91. The van der Waals surface area contributed by atoms with Gasteiger partial charge in [0.25, 0.3) is 0 Å². The second-order valence-electron chi connectivity index (χ2n) is 4.11. The third-order valence-corrected chi connectivity index (χ3v) is 2.36. The normalized spacial score (nSPS) is 10.8. The van der Waals surface area contributed by atoms with Gasteiger partial charge in [-0.2, -0.15) is 4.98 Å². The molecule has 1 aromatic heterocycles. The Morgan fingerprint density at radius 1 is 1.29 bits per heavy atom. The minimum Gasteiger partial charge on any atom is -0.497 e. The number of aromatic nitrogens is 2. The molecule has 5 nitrogen and oxygen atoms in total. The Morgan fingerprint density at radius 3 is 2.65 bits per heavy atom. The van der Waals surface area contributed by atoms with Crippen LogP contribution in [0.3, 0.4) is 0 Å². The zero-order valence-electron chi connectivity index (χ0n) is 10.1. The van der Waals surface area contributed by atoms with Crippen LogP contribution in [-0.2, 0) is 0 Å². The van der Waals surface area contributed by atoms with Crippen molar-refractivity contribution in [2.75, 3.05) is 12.8 Å². The number of benzene rings is 1. The molecule has 0 saturated heterocycles. The number of nitrogens with zero attached hydrogens (tertiary/aromatic N) is 2. The van der Waals surface area contributed by atoms with Crippen LogP contribution < -0.4 is 10.5 Å². The molecule has 2 rings (SSSR count). The number of rotatable bonds is 3. The highest BCUT2D eigenvalue weighted by Gasteiger charge is 2.12. The van der Waals surface area contributed by atoms with Gasteiger partial charge in [-0.15, -0.1) is 0 Å². The van der Waals surface area contributed by atoms with E-state index in [4.69, 9.17) is 15.0 Å². The molecular weight excluding hydrogens is 218 g/mol. The standard InChI is InChI=1S/C12H15N3O2/c1-7(2)12-14-11(15-17-12)8-4-9(13)6-10(5-8)16-3/h4-7H,13H2,1-3H3. The van der Waals surface area contributed by atoms with Crippen LogP contribution >= 0.6 is 0 Å². The van der Waals surface area contributed by atoms with Crippen LogP contribution in [0.2, 0.25) is 0 Å². The molecule has 0 aliphatic rings. The number of ether oxygens (including phenoxy) is 1. The van der Waals surface area contributed by atoms with Crippen LogP contribution in [0, 0.1) is 0 Å². The summed E-state index contributed by atoms with van der Waals surface area (Å²) in [4.78, 5) is 4.31. The summed E-state index contributed by atoms with van der Waals surface area (Å²) in [7, 11) is 1.59. The molecule has 1 aromatic carbocycles. The molecule has 17 heavy (non-hydrogen) atoms. The number of nitrogens with two attached hydrogens (primary N) is 1. The smallest absolute Gasteiger partial charge is 0.229 e. The Balaban J connectivity index is 2.41. The van der Waals surface area contributed by atoms with Crippen molar-refractivity contribution < 1.29 is 9.26 Å². The molecule has 0 atom stereocenters. The van der Waals surface area contributed by atoms with E-state index in [-0.39, 0.29) is 5.92 Å². The number of methoxy groups -OCH3 is 1. The molecule has 0 unspecified atom stereocenters. The highest BCUT2D eigenvalue weighted by Crippen LogP contribution is 2.26. The van der Waals surface area contributed by atoms with Gasteiger partial charge < -0.3 is 15.0 Å². The largest absolute Gasteiger partial charge is 0.497 e. The fourth-order valence-corrected chi connectivity index (χ4v) is 1.46. The Morgan fingerprint density at radius 2 is 2.06 bits per heavy atom. The fourth-order valence-electron chi connectivity index (χ4n) is 1.46. The van der Waals surface area contributed by atoms with Crippen molar-refractivity contribution in [1.82, 2.24) is 10.1 Å². The first-order chi connectivity index (χ1) is 8.10. The first-order valence-corrected chi connectivity index (χ1v) is 5.38. The van der Waals surface area contributed by atoms with Crippen LogP contribution in [0.1, 0.15) is 25.7 Å². The molecule has 0 spiro atoms. The van der Waals surface area contributed by atoms with E-state index in [9.17, 15) is 0 Å². The van der Waals surface area contributed by atoms with Gasteiger partial charge in [0.1, 0.15) is 5.75 Å². The molecule has 0 amide bonds. The van der Waals surface area contributed by atoms with E-state index in [0.29, 0.717) is 23.2 Å². The summed E-state index contributed by atoms with van der Waals surface area (Å²) in [6.45, 7) is 3.99. The van der Waals surface area contributed by atoms with Gasteiger partial charge in [-0.3, -0.25) is 0 Å². The van der Waals surface area contributed by atoms with Gasteiger partial charge in [0.15, 0.2) is 0 Å². The van der Waals surface area contributed by atoms with Crippen LogP contribution in [0.4, 0.5) is 5.69 Å². The minimum absolute atomic E-state index is 0.208. The topological polar surface area (TPSA) is 74.2 Å². The lowest BCUT2D eigenvalue weighted by atomic mass is 10.1. The molecular formula is C12H15N3O2.